The highest BCUT2D eigenvalue weighted by molar-refractivity contribution is 6.29. The van der Waals surface area contributed by atoms with Crippen molar-refractivity contribution in [3.63, 3.8) is 0 Å². The summed E-state index contributed by atoms with van der Waals surface area (Å²) in [6, 6.07) is 1.22. The number of hydrogen-bond acceptors (Lipinski definition) is 3. The van der Waals surface area contributed by atoms with E-state index < -0.39 is 12.0 Å². The van der Waals surface area contributed by atoms with Crippen molar-refractivity contribution < 1.29 is 13.2 Å². The lowest BCUT2D eigenvalue weighted by Gasteiger charge is -2.11. The van der Waals surface area contributed by atoms with Gasteiger partial charge in [-0.15, -0.1) is 0 Å². The third-order valence-corrected chi connectivity index (χ3v) is 1.58. The number of halogens is 4. The van der Waals surface area contributed by atoms with Crippen molar-refractivity contribution in [2.24, 2.45) is 0 Å². The van der Waals surface area contributed by atoms with E-state index in [4.69, 9.17) is 11.6 Å². The largest absolute Gasteiger partial charge is 0.451 e. The molecular weight excluding hydrogens is 231 g/mol. The number of hydrogen-bond donors (Lipinski definition) is 1. The molecule has 1 aromatic rings. The first-order valence-corrected chi connectivity index (χ1v) is 4.55. The topological polar surface area (TPSA) is 37.8 Å². The van der Waals surface area contributed by atoms with Gasteiger partial charge in [-0.3, -0.25) is 0 Å². The van der Waals surface area contributed by atoms with Crippen LogP contribution in [0.1, 0.15) is 19.7 Å². The van der Waals surface area contributed by atoms with Crippen molar-refractivity contribution >= 4 is 17.4 Å². The van der Waals surface area contributed by atoms with Crippen molar-refractivity contribution in [2.45, 2.75) is 26.1 Å². The van der Waals surface area contributed by atoms with Crippen molar-refractivity contribution in [1.29, 1.82) is 0 Å². The molecule has 0 saturated heterocycles. The van der Waals surface area contributed by atoms with Crippen LogP contribution in [0.4, 0.5) is 19.0 Å². The fourth-order valence-corrected chi connectivity index (χ4v) is 1.10. The number of aromatic nitrogens is 2. The van der Waals surface area contributed by atoms with Gasteiger partial charge in [0, 0.05) is 12.1 Å². The van der Waals surface area contributed by atoms with Crippen LogP contribution < -0.4 is 5.32 Å². The summed E-state index contributed by atoms with van der Waals surface area (Å²) in [6.07, 6.45) is -4.59. The molecular formula is C8H9ClF3N3. The van der Waals surface area contributed by atoms with Crippen LogP contribution in [-0.2, 0) is 6.18 Å². The van der Waals surface area contributed by atoms with Gasteiger partial charge in [0.2, 0.25) is 5.82 Å². The number of nitrogens with zero attached hydrogens (tertiary/aromatic N) is 2. The lowest BCUT2D eigenvalue weighted by atomic mass is 10.4. The summed E-state index contributed by atoms with van der Waals surface area (Å²) in [7, 11) is 0. The molecule has 0 aliphatic heterocycles. The smallest absolute Gasteiger partial charge is 0.368 e. The van der Waals surface area contributed by atoms with E-state index in [0.29, 0.717) is 0 Å². The Labute approximate surface area is 89.7 Å². The number of anilines is 1. The average Bonchev–Trinajstić information content (AvgIpc) is 1.99. The minimum Gasteiger partial charge on any atom is -0.368 e. The molecule has 0 fully saturated rings. The van der Waals surface area contributed by atoms with Crippen molar-refractivity contribution in [3.8, 4) is 0 Å². The summed E-state index contributed by atoms with van der Waals surface area (Å²) in [5, 5.41) is 2.49. The quantitative estimate of drug-likeness (QED) is 0.807. The van der Waals surface area contributed by atoms with E-state index in [0.717, 1.165) is 0 Å². The summed E-state index contributed by atoms with van der Waals surface area (Å²) in [6.45, 7) is 3.56. The second-order valence-electron chi connectivity index (χ2n) is 3.20. The molecule has 7 heteroatoms. The standard InChI is InChI=1S/C8H9ClF3N3/c1-4(2)13-6-3-5(9)14-7(15-6)8(10,11)12/h3-4H,1-2H3,(H,13,14,15). The van der Waals surface area contributed by atoms with Gasteiger partial charge in [0.1, 0.15) is 11.0 Å². The number of nitrogens with one attached hydrogen (secondary N) is 1. The number of rotatable bonds is 2. The van der Waals surface area contributed by atoms with Gasteiger partial charge in [0.05, 0.1) is 0 Å². The maximum atomic E-state index is 12.3. The predicted octanol–water partition coefficient (Wildman–Crippen LogP) is 2.97. The van der Waals surface area contributed by atoms with Crippen molar-refractivity contribution in [2.75, 3.05) is 5.32 Å². The SMILES string of the molecule is CC(C)Nc1cc(Cl)nc(C(F)(F)F)n1. The van der Waals surface area contributed by atoms with Gasteiger partial charge < -0.3 is 5.32 Å². The van der Waals surface area contributed by atoms with E-state index in [2.05, 4.69) is 15.3 Å². The highest BCUT2D eigenvalue weighted by Gasteiger charge is 2.35. The Morgan fingerprint density at radius 1 is 1.33 bits per heavy atom. The van der Waals surface area contributed by atoms with Crippen LogP contribution >= 0.6 is 11.6 Å². The first-order valence-electron chi connectivity index (χ1n) is 4.17. The third-order valence-electron chi connectivity index (χ3n) is 1.38. The van der Waals surface area contributed by atoms with Gasteiger partial charge in [0.15, 0.2) is 0 Å². The maximum Gasteiger partial charge on any atom is 0.451 e. The Kier molecular flexibility index (Phi) is 3.38. The summed E-state index contributed by atoms with van der Waals surface area (Å²) in [5.41, 5.74) is 0. The molecule has 0 bridgehead atoms. The molecule has 1 rings (SSSR count). The van der Waals surface area contributed by atoms with Gasteiger partial charge in [-0.2, -0.15) is 13.2 Å². The molecule has 0 amide bonds. The normalized spacial score (nSPS) is 11.9. The van der Waals surface area contributed by atoms with Crippen molar-refractivity contribution in [1.82, 2.24) is 9.97 Å². The van der Waals surface area contributed by atoms with Crippen LogP contribution in [0.5, 0.6) is 0 Å². The zero-order chi connectivity index (χ0) is 11.6. The summed E-state index contributed by atoms with van der Waals surface area (Å²) >= 11 is 5.45. The van der Waals surface area contributed by atoms with E-state index >= 15 is 0 Å². The molecule has 1 heterocycles. The molecule has 1 N–H and O–H groups in total. The highest BCUT2D eigenvalue weighted by Crippen LogP contribution is 2.28. The predicted molar refractivity (Wildman–Crippen MR) is 50.8 cm³/mol. The molecule has 0 unspecified atom stereocenters. The van der Waals surface area contributed by atoms with Crippen molar-refractivity contribution in [3.05, 3.63) is 17.0 Å². The second kappa shape index (κ2) is 4.22. The summed E-state index contributed by atoms with van der Waals surface area (Å²) in [4.78, 5) is 6.42. The average molecular weight is 240 g/mol. The minimum atomic E-state index is -4.59. The molecule has 0 spiro atoms. The highest BCUT2D eigenvalue weighted by atomic mass is 35.5. The number of alkyl halides is 3. The fourth-order valence-electron chi connectivity index (χ4n) is 0.914. The molecule has 0 aliphatic rings. The van der Waals surface area contributed by atoms with E-state index in [1.165, 1.54) is 6.07 Å². The van der Waals surface area contributed by atoms with E-state index in [-0.39, 0.29) is 17.0 Å². The molecule has 0 atom stereocenters. The summed E-state index contributed by atoms with van der Waals surface area (Å²) in [5.74, 6) is -1.17. The monoisotopic (exact) mass is 239 g/mol. The Hall–Kier alpha value is -1.04. The molecule has 0 aliphatic carbocycles. The van der Waals surface area contributed by atoms with Crippen LogP contribution in [0.15, 0.2) is 6.07 Å². The zero-order valence-electron chi connectivity index (χ0n) is 8.06. The molecule has 0 saturated carbocycles. The molecule has 0 radical (unpaired) electrons. The minimum absolute atomic E-state index is 0.0305. The fraction of sp³-hybridized carbons (Fsp3) is 0.500. The van der Waals surface area contributed by atoms with Crippen LogP contribution in [0.2, 0.25) is 5.15 Å². The molecule has 0 aromatic carbocycles. The van der Waals surface area contributed by atoms with Crippen LogP contribution in [0.25, 0.3) is 0 Å². The zero-order valence-corrected chi connectivity index (χ0v) is 8.82. The lowest BCUT2D eigenvalue weighted by Crippen LogP contribution is -2.16. The Morgan fingerprint density at radius 2 is 1.93 bits per heavy atom. The van der Waals surface area contributed by atoms with Gasteiger partial charge in [-0.25, -0.2) is 9.97 Å². The van der Waals surface area contributed by atoms with Crippen LogP contribution in [0.3, 0.4) is 0 Å². The maximum absolute atomic E-state index is 12.3. The molecule has 84 valence electrons. The molecule has 1 aromatic heterocycles. The summed E-state index contributed by atoms with van der Waals surface area (Å²) < 4.78 is 36.8. The van der Waals surface area contributed by atoms with E-state index in [9.17, 15) is 13.2 Å². The molecule has 3 nitrogen and oxygen atoms in total. The van der Waals surface area contributed by atoms with Gasteiger partial charge in [-0.05, 0) is 13.8 Å². The Bertz CT molecular complexity index is 351. The van der Waals surface area contributed by atoms with E-state index in [1.54, 1.807) is 13.8 Å². The van der Waals surface area contributed by atoms with Crippen LogP contribution in [-0.4, -0.2) is 16.0 Å². The Balaban J connectivity index is 3.06. The Morgan fingerprint density at radius 3 is 2.40 bits per heavy atom. The van der Waals surface area contributed by atoms with Gasteiger partial charge >= 0.3 is 6.18 Å². The van der Waals surface area contributed by atoms with Gasteiger partial charge in [-0.1, -0.05) is 11.6 Å². The second-order valence-corrected chi connectivity index (χ2v) is 3.58. The first-order chi connectivity index (χ1) is 6.79. The van der Waals surface area contributed by atoms with E-state index in [1.807, 2.05) is 0 Å². The molecule has 15 heavy (non-hydrogen) atoms. The first kappa shape index (κ1) is 12.0. The van der Waals surface area contributed by atoms with Crippen LogP contribution in [0, 0.1) is 0 Å². The third kappa shape index (κ3) is 3.54. The lowest BCUT2D eigenvalue weighted by molar-refractivity contribution is -0.144. The van der Waals surface area contributed by atoms with Gasteiger partial charge in [0.25, 0.3) is 0 Å².